The minimum Gasteiger partial charge on any atom is -0.336 e. The molecule has 1 amide bonds. The largest absolute Gasteiger partial charge is 0.336 e. The summed E-state index contributed by atoms with van der Waals surface area (Å²) < 4.78 is 42.2. The van der Waals surface area contributed by atoms with Gasteiger partial charge in [-0.2, -0.15) is 0 Å². The summed E-state index contributed by atoms with van der Waals surface area (Å²) in [5, 5.41) is 0.454. The van der Waals surface area contributed by atoms with Crippen LogP contribution < -0.4 is 4.72 Å². The molecule has 0 spiro atoms. The molecule has 2 aromatic rings. The lowest BCUT2D eigenvalue weighted by atomic mass is 10.1. The molecule has 0 bridgehead atoms. The number of sulfonamides is 1. The predicted octanol–water partition coefficient (Wildman–Crippen LogP) is 4.52. The summed E-state index contributed by atoms with van der Waals surface area (Å²) in [4.78, 5) is 14.4. The van der Waals surface area contributed by atoms with Crippen molar-refractivity contribution < 1.29 is 17.6 Å². The number of amides is 1. The SMILES string of the molecule is Cc1cc(S(=O)(=O)Nc2cc(C(=O)N3CCC[C@H]3C)ccc2F)c(C)cc1Cl. The molecule has 3 rings (SSSR count). The van der Waals surface area contributed by atoms with Gasteiger partial charge in [0.2, 0.25) is 0 Å². The van der Waals surface area contributed by atoms with Gasteiger partial charge in [0.25, 0.3) is 15.9 Å². The number of carbonyl (C=O) groups is 1. The molecule has 28 heavy (non-hydrogen) atoms. The fourth-order valence-electron chi connectivity index (χ4n) is 3.38. The molecule has 0 radical (unpaired) electrons. The highest BCUT2D eigenvalue weighted by Crippen LogP contribution is 2.28. The Morgan fingerprint density at radius 2 is 1.93 bits per heavy atom. The van der Waals surface area contributed by atoms with Crippen molar-refractivity contribution in [1.29, 1.82) is 0 Å². The molecule has 1 N–H and O–H groups in total. The van der Waals surface area contributed by atoms with Crippen LogP contribution in [0.15, 0.2) is 35.2 Å². The van der Waals surface area contributed by atoms with Crippen LogP contribution in [0.4, 0.5) is 10.1 Å². The number of nitrogens with one attached hydrogen (secondary N) is 1. The molecule has 2 aromatic carbocycles. The second-order valence-corrected chi connectivity index (χ2v) is 9.21. The van der Waals surface area contributed by atoms with Crippen molar-refractivity contribution in [3.8, 4) is 0 Å². The number of hydrogen-bond acceptors (Lipinski definition) is 3. The molecule has 150 valence electrons. The lowest BCUT2D eigenvalue weighted by molar-refractivity contribution is 0.0747. The Hall–Kier alpha value is -2.12. The van der Waals surface area contributed by atoms with Crippen LogP contribution in [-0.2, 0) is 10.0 Å². The fraction of sp³-hybridized carbons (Fsp3) is 0.350. The van der Waals surface area contributed by atoms with E-state index in [0.29, 0.717) is 22.7 Å². The Kier molecular flexibility index (Phi) is 5.68. The number of aryl methyl sites for hydroxylation is 2. The van der Waals surface area contributed by atoms with Crippen molar-refractivity contribution in [1.82, 2.24) is 4.90 Å². The molecule has 0 unspecified atom stereocenters. The molecule has 8 heteroatoms. The van der Waals surface area contributed by atoms with Gasteiger partial charge < -0.3 is 4.90 Å². The number of nitrogens with zero attached hydrogens (tertiary/aromatic N) is 1. The van der Waals surface area contributed by atoms with E-state index in [4.69, 9.17) is 11.6 Å². The number of benzene rings is 2. The average Bonchev–Trinajstić information content (AvgIpc) is 3.05. The maximum absolute atomic E-state index is 14.3. The van der Waals surface area contributed by atoms with Crippen LogP contribution in [0.25, 0.3) is 0 Å². The highest BCUT2D eigenvalue weighted by molar-refractivity contribution is 7.92. The summed E-state index contributed by atoms with van der Waals surface area (Å²) in [7, 11) is -4.05. The summed E-state index contributed by atoms with van der Waals surface area (Å²) in [6, 6.07) is 6.83. The smallest absolute Gasteiger partial charge is 0.262 e. The molecular weight excluding hydrogens is 403 g/mol. The van der Waals surface area contributed by atoms with Crippen molar-refractivity contribution in [3.63, 3.8) is 0 Å². The van der Waals surface area contributed by atoms with Crippen LogP contribution in [0.1, 0.15) is 41.3 Å². The van der Waals surface area contributed by atoms with Crippen molar-refractivity contribution in [2.45, 2.75) is 44.6 Å². The molecule has 1 aliphatic rings. The Morgan fingerprint density at radius 3 is 2.57 bits per heavy atom. The fourth-order valence-corrected chi connectivity index (χ4v) is 4.97. The first-order valence-corrected chi connectivity index (χ1v) is 10.9. The third-order valence-electron chi connectivity index (χ3n) is 5.02. The maximum Gasteiger partial charge on any atom is 0.262 e. The van der Waals surface area contributed by atoms with E-state index in [-0.39, 0.29) is 28.1 Å². The summed E-state index contributed by atoms with van der Waals surface area (Å²) in [5.74, 6) is -0.984. The highest BCUT2D eigenvalue weighted by atomic mass is 35.5. The normalized spacial score (nSPS) is 17.0. The quantitative estimate of drug-likeness (QED) is 0.784. The second kappa shape index (κ2) is 7.72. The van der Waals surface area contributed by atoms with Crippen molar-refractivity contribution >= 4 is 33.2 Å². The monoisotopic (exact) mass is 424 g/mol. The van der Waals surface area contributed by atoms with E-state index in [1.807, 2.05) is 6.92 Å². The van der Waals surface area contributed by atoms with Gasteiger partial charge in [0, 0.05) is 23.2 Å². The third kappa shape index (κ3) is 4.00. The van der Waals surface area contributed by atoms with E-state index in [9.17, 15) is 17.6 Å². The van der Waals surface area contributed by atoms with Gasteiger partial charge in [-0.25, -0.2) is 12.8 Å². The summed E-state index contributed by atoms with van der Waals surface area (Å²) in [5.41, 5.74) is 1.03. The van der Waals surface area contributed by atoms with Gasteiger partial charge in [0.05, 0.1) is 10.6 Å². The Labute approximate surface area is 169 Å². The molecule has 5 nitrogen and oxygen atoms in total. The maximum atomic E-state index is 14.3. The van der Waals surface area contributed by atoms with Gasteiger partial charge in [-0.1, -0.05) is 11.6 Å². The van der Waals surface area contributed by atoms with Gasteiger partial charge in [-0.05, 0) is 75.1 Å². The van der Waals surface area contributed by atoms with Crippen molar-refractivity contribution in [2.24, 2.45) is 0 Å². The van der Waals surface area contributed by atoms with E-state index in [0.717, 1.165) is 18.9 Å². The van der Waals surface area contributed by atoms with E-state index in [1.165, 1.54) is 18.2 Å². The highest BCUT2D eigenvalue weighted by Gasteiger charge is 2.27. The average molecular weight is 425 g/mol. The lowest BCUT2D eigenvalue weighted by Gasteiger charge is -2.22. The van der Waals surface area contributed by atoms with Crippen LogP contribution in [0.2, 0.25) is 5.02 Å². The van der Waals surface area contributed by atoms with Gasteiger partial charge in [-0.3, -0.25) is 9.52 Å². The van der Waals surface area contributed by atoms with Gasteiger partial charge >= 0.3 is 0 Å². The van der Waals surface area contributed by atoms with Gasteiger partial charge in [0.15, 0.2) is 0 Å². The van der Waals surface area contributed by atoms with Crippen LogP contribution in [0, 0.1) is 19.7 Å². The Bertz CT molecular complexity index is 1040. The van der Waals surface area contributed by atoms with Crippen LogP contribution in [0.5, 0.6) is 0 Å². The number of carbonyl (C=O) groups excluding carboxylic acids is 1. The topological polar surface area (TPSA) is 66.5 Å². The number of halogens is 2. The molecule has 1 fully saturated rings. The molecule has 1 aliphatic heterocycles. The summed E-state index contributed by atoms with van der Waals surface area (Å²) in [6.45, 7) is 5.91. The molecule has 1 saturated heterocycles. The first-order valence-electron chi connectivity index (χ1n) is 9.00. The van der Waals surface area contributed by atoms with E-state index in [1.54, 1.807) is 24.8 Å². The minimum absolute atomic E-state index is 0.0127. The number of rotatable bonds is 4. The second-order valence-electron chi connectivity index (χ2n) is 7.16. The van der Waals surface area contributed by atoms with E-state index < -0.39 is 15.8 Å². The zero-order valence-corrected chi connectivity index (χ0v) is 17.5. The molecule has 0 aromatic heterocycles. The molecule has 1 heterocycles. The van der Waals surface area contributed by atoms with E-state index in [2.05, 4.69) is 4.72 Å². The predicted molar refractivity (Wildman–Crippen MR) is 108 cm³/mol. The van der Waals surface area contributed by atoms with E-state index >= 15 is 0 Å². The van der Waals surface area contributed by atoms with Gasteiger partial charge in [-0.15, -0.1) is 0 Å². The van der Waals surface area contributed by atoms with Crippen molar-refractivity contribution in [2.75, 3.05) is 11.3 Å². The molecule has 0 saturated carbocycles. The van der Waals surface area contributed by atoms with Crippen LogP contribution in [0.3, 0.4) is 0 Å². The Balaban J connectivity index is 1.94. The summed E-state index contributed by atoms with van der Waals surface area (Å²) >= 11 is 6.03. The van der Waals surface area contributed by atoms with Crippen LogP contribution in [-0.4, -0.2) is 31.8 Å². The van der Waals surface area contributed by atoms with Gasteiger partial charge in [0.1, 0.15) is 5.82 Å². The third-order valence-corrected chi connectivity index (χ3v) is 6.93. The first kappa shape index (κ1) is 20.6. The molecule has 0 aliphatic carbocycles. The molecule has 1 atom stereocenters. The standard InChI is InChI=1S/C20H22ClFN2O3S/c1-12-10-19(13(2)9-16(12)21)28(26,27)23-18-11-15(6-7-17(18)22)20(25)24-8-4-5-14(24)3/h6-7,9-11,14,23H,4-5,8H2,1-3H3/t14-/m1/s1. The lowest BCUT2D eigenvalue weighted by Crippen LogP contribution is -2.33. The van der Waals surface area contributed by atoms with Crippen molar-refractivity contribution in [3.05, 3.63) is 57.9 Å². The summed E-state index contributed by atoms with van der Waals surface area (Å²) in [6.07, 6.45) is 1.84. The molecular formula is C20H22ClFN2O3S. The first-order chi connectivity index (χ1) is 13.1. The zero-order valence-electron chi connectivity index (χ0n) is 15.9. The number of hydrogen-bond donors (Lipinski definition) is 1. The number of anilines is 1. The van der Waals surface area contributed by atoms with Crippen LogP contribution >= 0.6 is 11.6 Å². The zero-order chi connectivity index (χ0) is 20.6. The minimum atomic E-state index is -4.05. The Morgan fingerprint density at radius 1 is 1.21 bits per heavy atom. The number of likely N-dealkylation sites (tertiary alicyclic amines) is 1.